The van der Waals surface area contributed by atoms with Crippen LogP contribution in [-0.2, 0) is 18.4 Å². The van der Waals surface area contributed by atoms with Gasteiger partial charge < -0.3 is 26.2 Å². The Hall–Kier alpha value is -1.32. The number of aliphatic hydroxyl groups excluding tert-OH is 2. The van der Waals surface area contributed by atoms with E-state index in [1.165, 1.54) is 89.9 Å². The zero-order valence-corrected chi connectivity index (χ0v) is 32.2. The van der Waals surface area contributed by atoms with Crippen LogP contribution < -0.4 is 11.1 Å². The van der Waals surface area contributed by atoms with Crippen LogP contribution >= 0.6 is 7.82 Å². The third kappa shape index (κ3) is 33.6. The molecule has 0 fully saturated rings. The van der Waals surface area contributed by atoms with Gasteiger partial charge in [-0.1, -0.05) is 147 Å². The number of nitrogens with two attached hydrogens (primary N) is 1. The van der Waals surface area contributed by atoms with E-state index in [0.717, 1.165) is 44.9 Å². The number of unbranched alkanes of at least 4 members (excludes halogenated alkanes) is 18. The zero-order chi connectivity index (χ0) is 36.3. The van der Waals surface area contributed by atoms with Crippen molar-refractivity contribution in [3.63, 3.8) is 0 Å². The molecule has 0 radical (unpaired) electrons. The molecule has 0 saturated carbocycles. The van der Waals surface area contributed by atoms with E-state index in [0.29, 0.717) is 12.8 Å². The van der Waals surface area contributed by atoms with Crippen LogP contribution in [-0.4, -0.2) is 59.0 Å². The molecule has 9 nitrogen and oxygen atoms in total. The Labute approximate surface area is 300 Å². The van der Waals surface area contributed by atoms with E-state index in [-0.39, 0.29) is 19.6 Å². The van der Waals surface area contributed by atoms with Crippen molar-refractivity contribution in [1.29, 1.82) is 0 Å². The summed E-state index contributed by atoms with van der Waals surface area (Å²) in [6.07, 6.45) is 36.7. The van der Waals surface area contributed by atoms with E-state index < -0.39 is 38.6 Å². The second-order valence-electron chi connectivity index (χ2n) is 13.3. The van der Waals surface area contributed by atoms with Gasteiger partial charge >= 0.3 is 7.82 Å². The molecule has 0 aliphatic rings. The van der Waals surface area contributed by atoms with Gasteiger partial charge in [-0.05, 0) is 51.4 Å². The molecule has 4 unspecified atom stereocenters. The predicted molar refractivity (Wildman–Crippen MR) is 204 cm³/mol. The third-order valence-corrected chi connectivity index (χ3v) is 9.48. The number of allylic oxidation sites excluding steroid dienone is 5. The van der Waals surface area contributed by atoms with Crippen LogP contribution in [0, 0.1) is 0 Å². The highest BCUT2D eigenvalue weighted by Crippen LogP contribution is 2.43. The first-order valence-electron chi connectivity index (χ1n) is 19.7. The van der Waals surface area contributed by atoms with E-state index >= 15 is 0 Å². The average molecular weight is 715 g/mol. The molecular formula is C39H75N2O7P. The summed E-state index contributed by atoms with van der Waals surface area (Å²) in [5, 5.41) is 23.8. The van der Waals surface area contributed by atoms with E-state index in [1.54, 1.807) is 6.08 Å². The number of rotatable bonds is 36. The topological polar surface area (TPSA) is 151 Å². The minimum absolute atomic E-state index is 0.0424. The first-order chi connectivity index (χ1) is 23.8. The van der Waals surface area contributed by atoms with Crippen LogP contribution in [0.2, 0.25) is 0 Å². The molecule has 0 saturated heterocycles. The highest BCUT2D eigenvalue weighted by Gasteiger charge is 2.27. The molecule has 4 atom stereocenters. The number of amides is 1. The Morgan fingerprint density at radius 3 is 1.76 bits per heavy atom. The maximum Gasteiger partial charge on any atom is 0.472 e. The maximum absolute atomic E-state index is 12.7. The first kappa shape index (κ1) is 47.7. The summed E-state index contributed by atoms with van der Waals surface area (Å²) in [5.41, 5.74) is 5.34. The molecule has 288 valence electrons. The minimum Gasteiger partial charge on any atom is -0.393 e. The largest absolute Gasteiger partial charge is 0.472 e. The van der Waals surface area contributed by atoms with Gasteiger partial charge in [-0.25, -0.2) is 4.57 Å². The van der Waals surface area contributed by atoms with Crippen LogP contribution in [0.4, 0.5) is 0 Å². The molecule has 0 aromatic heterocycles. The second kappa shape index (κ2) is 35.1. The summed E-state index contributed by atoms with van der Waals surface area (Å²) in [6.45, 7) is 3.87. The van der Waals surface area contributed by atoms with Gasteiger partial charge in [-0.2, -0.15) is 0 Å². The molecule has 6 N–H and O–H groups in total. The van der Waals surface area contributed by atoms with Crippen molar-refractivity contribution in [2.45, 2.75) is 186 Å². The fraction of sp³-hybridized carbons (Fsp3) is 0.821. The highest BCUT2D eigenvalue weighted by atomic mass is 31.2. The lowest BCUT2D eigenvalue weighted by Crippen LogP contribution is -2.46. The molecule has 0 bridgehead atoms. The minimum atomic E-state index is -4.40. The Bertz CT molecular complexity index is 883. The molecule has 0 rings (SSSR count). The molecule has 10 heteroatoms. The number of aliphatic hydroxyl groups is 2. The number of phosphoric acid groups is 1. The van der Waals surface area contributed by atoms with Crippen LogP contribution in [0.15, 0.2) is 36.5 Å². The van der Waals surface area contributed by atoms with Gasteiger partial charge in [0.25, 0.3) is 0 Å². The number of hydrogen-bond acceptors (Lipinski definition) is 7. The predicted octanol–water partition coefficient (Wildman–Crippen LogP) is 9.36. The Morgan fingerprint density at radius 1 is 0.694 bits per heavy atom. The Balaban J connectivity index is 4.45. The lowest BCUT2D eigenvalue weighted by Gasteiger charge is -2.24. The van der Waals surface area contributed by atoms with Crippen molar-refractivity contribution in [1.82, 2.24) is 5.32 Å². The summed E-state index contributed by atoms with van der Waals surface area (Å²) in [7, 11) is -4.40. The number of carbonyl (C=O) groups is 1. The van der Waals surface area contributed by atoms with Crippen LogP contribution in [0.1, 0.15) is 168 Å². The van der Waals surface area contributed by atoms with Crippen molar-refractivity contribution >= 4 is 13.7 Å². The summed E-state index contributed by atoms with van der Waals surface area (Å²) < 4.78 is 22.0. The van der Waals surface area contributed by atoms with Crippen molar-refractivity contribution < 1.29 is 33.5 Å². The standard InChI is InChI=1S/C39H75N2O7P/c1-3-5-7-9-11-13-14-15-16-17-18-19-20-21-23-25-27-29-31-38(43)37(35-48-49(45,46)47-33-32-40)41-39(44)34-36(42)30-28-26-24-22-12-10-8-6-4-2/h10,12,21,23,29,31,36-38,42-43H,3-9,11,13-20,22,24-28,30,32-35,40H2,1-2H3,(H,41,44)(H,45,46)/b12-10-,23-21+,31-29+. The molecule has 0 aromatic carbocycles. The molecular weight excluding hydrogens is 639 g/mol. The lowest BCUT2D eigenvalue weighted by atomic mass is 10.0. The van der Waals surface area contributed by atoms with Gasteiger partial charge in [0.05, 0.1) is 37.9 Å². The van der Waals surface area contributed by atoms with Crippen molar-refractivity contribution in [3.8, 4) is 0 Å². The third-order valence-electron chi connectivity index (χ3n) is 8.49. The Morgan fingerprint density at radius 2 is 1.18 bits per heavy atom. The normalized spacial score (nSPS) is 15.3. The highest BCUT2D eigenvalue weighted by molar-refractivity contribution is 7.47. The van der Waals surface area contributed by atoms with Gasteiger partial charge in [-0.15, -0.1) is 0 Å². The fourth-order valence-electron chi connectivity index (χ4n) is 5.46. The average Bonchev–Trinajstić information content (AvgIpc) is 3.07. The summed E-state index contributed by atoms with van der Waals surface area (Å²) >= 11 is 0. The van der Waals surface area contributed by atoms with E-state index in [1.807, 2.05) is 6.08 Å². The molecule has 0 heterocycles. The van der Waals surface area contributed by atoms with Crippen LogP contribution in [0.25, 0.3) is 0 Å². The second-order valence-corrected chi connectivity index (χ2v) is 14.8. The molecule has 1 amide bonds. The molecule has 49 heavy (non-hydrogen) atoms. The SMILES string of the molecule is CCCC/C=C\CCCCCC(O)CC(=O)NC(COP(=O)(O)OCCN)C(O)/C=C/CC/C=C/CCCCCCCCCCCCCC. The van der Waals surface area contributed by atoms with Gasteiger partial charge in [0.1, 0.15) is 0 Å². The smallest absolute Gasteiger partial charge is 0.393 e. The van der Waals surface area contributed by atoms with Crippen LogP contribution in [0.3, 0.4) is 0 Å². The van der Waals surface area contributed by atoms with Gasteiger partial charge in [-0.3, -0.25) is 13.8 Å². The lowest BCUT2D eigenvalue weighted by molar-refractivity contribution is -0.124. The van der Waals surface area contributed by atoms with Gasteiger partial charge in [0, 0.05) is 6.54 Å². The van der Waals surface area contributed by atoms with Gasteiger partial charge in [0.2, 0.25) is 5.91 Å². The number of phosphoric ester groups is 1. The summed E-state index contributed by atoms with van der Waals surface area (Å²) in [4.78, 5) is 22.6. The number of nitrogens with one attached hydrogen (secondary N) is 1. The monoisotopic (exact) mass is 715 g/mol. The first-order valence-corrected chi connectivity index (χ1v) is 21.2. The zero-order valence-electron chi connectivity index (χ0n) is 31.3. The molecule has 0 aromatic rings. The van der Waals surface area contributed by atoms with Gasteiger partial charge in [0.15, 0.2) is 0 Å². The molecule has 0 aliphatic heterocycles. The molecule has 0 spiro atoms. The summed E-state index contributed by atoms with van der Waals surface area (Å²) in [5.74, 6) is -0.469. The van der Waals surface area contributed by atoms with Crippen LogP contribution in [0.5, 0.6) is 0 Å². The van der Waals surface area contributed by atoms with Crippen molar-refractivity contribution in [2.75, 3.05) is 19.8 Å². The maximum atomic E-state index is 12.7. The van der Waals surface area contributed by atoms with E-state index in [9.17, 15) is 24.5 Å². The number of carbonyl (C=O) groups excluding carboxylic acids is 1. The quantitative estimate of drug-likeness (QED) is 0.0245. The van der Waals surface area contributed by atoms with Crippen molar-refractivity contribution in [3.05, 3.63) is 36.5 Å². The summed E-state index contributed by atoms with van der Waals surface area (Å²) in [6, 6.07) is -1.00. The number of hydrogen-bond donors (Lipinski definition) is 5. The van der Waals surface area contributed by atoms with Crippen molar-refractivity contribution in [2.24, 2.45) is 5.73 Å². The fourth-order valence-corrected chi connectivity index (χ4v) is 6.22. The van der Waals surface area contributed by atoms with E-state index in [4.69, 9.17) is 14.8 Å². The molecule has 0 aliphatic carbocycles. The van der Waals surface area contributed by atoms with E-state index in [2.05, 4.69) is 43.5 Å². The Kier molecular flexibility index (Phi) is 34.2.